The molecule has 0 saturated carbocycles. The summed E-state index contributed by atoms with van der Waals surface area (Å²) in [5.74, 6) is -0.278. The summed E-state index contributed by atoms with van der Waals surface area (Å²) in [6.07, 6.45) is 1.60. The van der Waals surface area contributed by atoms with Gasteiger partial charge in [-0.2, -0.15) is 0 Å². The highest BCUT2D eigenvalue weighted by Gasteiger charge is 2.06. The second kappa shape index (κ2) is 6.48. The van der Waals surface area contributed by atoms with E-state index in [1.807, 2.05) is 0 Å². The van der Waals surface area contributed by atoms with Gasteiger partial charge in [0.1, 0.15) is 6.54 Å². The molecule has 110 valence electrons. The number of anilines is 2. The number of aromatic nitrogens is 3. The lowest BCUT2D eigenvalue weighted by Crippen LogP contribution is -2.20. The summed E-state index contributed by atoms with van der Waals surface area (Å²) in [5.41, 5.74) is 12.1. The molecule has 0 unspecified atom stereocenters. The maximum absolute atomic E-state index is 11.9. The van der Waals surface area contributed by atoms with Crippen LogP contribution in [0.15, 0.2) is 30.5 Å². The number of benzene rings is 1. The predicted molar refractivity (Wildman–Crippen MR) is 76.2 cm³/mol. The number of carbonyl (C=O) groups excluding carboxylic acids is 2. The number of nitrogens with two attached hydrogens (primary N) is 2. The van der Waals surface area contributed by atoms with Gasteiger partial charge >= 0.3 is 6.03 Å². The quantitative estimate of drug-likeness (QED) is 0.606. The molecule has 1 aromatic carbocycles. The average molecular weight is 289 g/mol. The van der Waals surface area contributed by atoms with Gasteiger partial charge in [-0.3, -0.25) is 4.79 Å². The second-order valence-electron chi connectivity index (χ2n) is 4.23. The van der Waals surface area contributed by atoms with E-state index in [0.29, 0.717) is 17.1 Å². The van der Waals surface area contributed by atoms with E-state index in [4.69, 9.17) is 11.5 Å². The van der Waals surface area contributed by atoms with Crippen molar-refractivity contribution in [1.29, 1.82) is 0 Å². The topological polar surface area (TPSA) is 141 Å². The molecular weight excluding hydrogens is 274 g/mol. The third kappa shape index (κ3) is 4.28. The number of urea groups is 1. The van der Waals surface area contributed by atoms with E-state index in [0.717, 1.165) is 0 Å². The van der Waals surface area contributed by atoms with Crippen LogP contribution in [0, 0.1) is 0 Å². The molecule has 0 aliphatic carbocycles. The first-order valence-electron chi connectivity index (χ1n) is 6.12. The highest BCUT2D eigenvalue weighted by molar-refractivity contribution is 5.92. The number of nitrogens with one attached hydrogen (secondary N) is 2. The van der Waals surface area contributed by atoms with Crippen molar-refractivity contribution in [2.45, 2.75) is 13.1 Å². The molecule has 0 atom stereocenters. The van der Waals surface area contributed by atoms with Gasteiger partial charge in [0.2, 0.25) is 5.91 Å². The highest BCUT2D eigenvalue weighted by Crippen LogP contribution is 2.14. The van der Waals surface area contributed by atoms with Crippen LogP contribution in [0.4, 0.5) is 16.2 Å². The van der Waals surface area contributed by atoms with Crippen molar-refractivity contribution in [2.75, 3.05) is 10.6 Å². The van der Waals surface area contributed by atoms with E-state index in [1.54, 1.807) is 30.5 Å². The Morgan fingerprint density at radius 1 is 1.24 bits per heavy atom. The Morgan fingerprint density at radius 3 is 2.57 bits per heavy atom. The molecule has 0 fully saturated rings. The van der Waals surface area contributed by atoms with Crippen LogP contribution in [0.3, 0.4) is 0 Å². The third-order valence-electron chi connectivity index (χ3n) is 2.51. The van der Waals surface area contributed by atoms with Crippen LogP contribution in [-0.4, -0.2) is 26.9 Å². The number of amides is 3. The fourth-order valence-electron chi connectivity index (χ4n) is 1.67. The second-order valence-corrected chi connectivity index (χ2v) is 4.23. The number of rotatable bonds is 5. The van der Waals surface area contributed by atoms with Crippen molar-refractivity contribution < 1.29 is 9.59 Å². The SMILES string of the molecule is NCc1cn(CC(=O)Nc2cccc(NC(N)=O)c2)nn1. The van der Waals surface area contributed by atoms with E-state index >= 15 is 0 Å². The van der Waals surface area contributed by atoms with E-state index in [1.165, 1.54) is 4.68 Å². The third-order valence-corrected chi connectivity index (χ3v) is 2.51. The largest absolute Gasteiger partial charge is 0.351 e. The predicted octanol–water partition coefficient (Wildman–Crippen LogP) is -0.134. The van der Waals surface area contributed by atoms with Crippen molar-refractivity contribution in [3.63, 3.8) is 0 Å². The molecule has 1 aromatic heterocycles. The maximum atomic E-state index is 11.9. The van der Waals surface area contributed by atoms with Gasteiger partial charge in [0.25, 0.3) is 0 Å². The van der Waals surface area contributed by atoms with Gasteiger partial charge < -0.3 is 22.1 Å². The fourth-order valence-corrected chi connectivity index (χ4v) is 1.67. The van der Waals surface area contributed by atoms with Crippen LogP contribution in [0.2, 0.25) is 0 Å². The zero-order valence-corrected chi connectivity index (χ0v) is 11.1. The zero-order valence-electron chi connectivity index (χ0n) is 11.1. The molecule has 2 aromatic rings. The van der Waals surface area contributed by atoms with Gasteiger partial charge in [0.05, 0.1) is 11.9 Å². The molecule has 9 nitrogen and oxygen atoms in total. The molecule has 0 saturated heterocycles. The Kier molecular flexibility index (Phi) is 4.46. The smallest absolute Gasteiger partial charge is 0.316 e. The average Bonchev–Trinajstić information content (AvgIpc) is 2.85. The maximum Gasteiger partial charge on any atom is 0.316 e. The van der Waals surface area contributed by atoms with E-state index in [9.17, 15) is 9.59 Å². The van der Waals surface area contributed by atoms with Crippen molar-refractivity contribution in [1.82, 2.24) is 15.0 Å². The number of primary amides is 1. The van der Waals surface area contributed by atoms with Crippen LogP contribution in [-0.2, 0) is 17.9 Å². The molecule has 21 heavy (non-hydrogen) atoms. The Morgan fingerprint density at radius 2 is 1.95 bits per heavy atom. The number of nitrogens with zero attached hydrogens (tertiary/aromatic N) is 3. The Balaban J connectivity index is 1.97. The molecule has 0 bridgehead atoms. The van der Waals surface area contributed by atoms with Gasteiger partial charge in [-0.15, -0.1) is 5.10 Å². The Hall–Kier alpha value is -2.94. The van der Waals surface area contributed by atoms with Crippen molar-refractivity contribution in [2.24, 2.45) is 11.5 Å². The van der Waals surface area contributed by atoms with E-state index < -0.39 is 6.03 Å². The van der Waals surface area contributed by atoms with Crippen LogP contribution >= 0.6 is 0 Å². The normalized spacial score (nSPS) is 10.1. The molecule has 6 N–H and O–H groups in total. The van der Waals surface area contributed by atoms with Gasteiger partial charge in [-0.05, 0) is 18.2 Å². The molecule has 0 aliphatic rings. The van der Waals surface area contributed by atoms with Crippen LogP contribution in [0.1, 0.15) is 5.69 Å². The van der Waals surface area contributed by atoms with Crippen molar-refractivity contribution in [3.8, 4) is 0 Å². The number of hydrogen-bond donors (Lipinski definition) is 4. The summed E-state index contributed by atoms with van der Waals surface area (Å²) >= 11 is 0. The van der Waals surface area contributed by atoms with Gasteiger partial charge in [-0.25, -0.2) is 9.48 Å². The Bertz CT molecular complexity index is 653. The first-order chi connectivity index (χ1) is 10.1. The van der Waals surface area contributed by atoms with Gasteiger partial charge in [-0.1, -0.05) is 11.3 Å². The molecule has 9 heteroatoms. The summed E-state index contributed by atoms with van der Waals surface area (Å²) < 4.78 is 1.39. The number of carbonyl (C=O) groups is 2. The van der Waals surface area contributed by atoms with Crippen LogP contribution in [0.25, 0.3) is 0 Å². The molecule has 0 radical (unpaired) electrons. The van der Waals surface area contributed by atoms with E-state index in [-0.39, 0.29) is 19.0 Å². The molecule has 1 heterocycles. The lowest BCUT2D eigenvalue weighted by molar-refractivity contribution is -0.116. The highest BCUT2D eigenvalue weighted by atomic mass is 16.2. The van der Waals surface area contributed by atoms with Gasteiger partial charge in [0, 0.05) is 17.9 Å². The Labute approximate surface area is 120 Å². The van der Waals surface area contributed by atoms with Crippen molar-refractivity contribution >= 4 is 23.3 Å². The summed E-state index contributed by atoms with van der Waals surface area (Å²) in [7, 11) is 0. The minimum atomic E-state index is -0.671. The summed E-state index contributed by atoms with van der Waals surface area (Å²) in [5, 5.41) is 12.7. The minimum absolute atomic E-state index is 0.0144. The first-order valence-corrected chi connectivity index (χ1v) is 6.12. The molecule has 2 rings (SSSR count). The molecular formula is C12H15N7O2. The minimum Gasteiger partial charge on any atom is -0.351 e. The standard InChI is InChI=1S/C12H15N7O2/c13-5-10-6-19(18-17-10)7-11(20)15-8-2-1-3-9(4-8)16-12(14)21/h1-4,6H,5,7,13H2,(H,15,20)(H3,14,16,21). The van der Waals surface area contributed by atoms with Crippen molar-refractivity contribution in [3.05, 3.63) is 36.2 Å². The van der Waals surface area contributed by atoms with Crippen LogP contribution < -0.4 is 22.1 Å². The summed E-state index contributed by atoms with van der Waals surface area (Å²) in [6, 6.07) is 5.95. The van der Waals surface area contributed by atoms with Crippen LogP contribution in [0.5, 0.6) is 0 Å². The molecule has 0 spiro atoms. The first kappa shape index (κ1) is 14.5. The summed E-state index contributed by atoms with van der Waals surface area (Å²) in [4.78, 5) is 22.6. The lowest BCUT2D eigenvalue weighted by atomic mass is 10.2. The van der Waals surface area contributed by atoms with E-state index in [2.05, 4.69) is 20.9 Å². The monoisotopic (exact) mass is 289 g/mol. The number of hydrogen-bond acceptors (Lipinski definition) is 5. The summed E-state index contributed by atoms with van der Waals surface area (Å²) in [6.45, 7) is 0.281. The zero-order chi connectivity index (χ0) is 15.2. The molecule has 0 aliphatic heterocycles. The lowest BCUT2D eigenvalue weighted by Gasteiger charge is -2.07. The molecule has 3 amide bonds. The van der Waals surface area contributed by atoms with Gasteiger partial charge in [0.15, 0.2) is 0 Å². The fraction of sp³-hybridized carbons (Fsp3) is 0.167.